The summed E-state index contributed by atoms with van der Waals surface area (Å²) in [5.41, 5.74) is 8.65. The minimum atomic E-state index is 0.583. The molecule has 0 radical (unpaired) electrons. The van der Waals surface area contributed by atoms with Crippen LogP contribution < -0.4 is 0 Å². The van der Waals surface area contributed by atoms with Crippen molar-refractivity contribution >= 4 is 53.3 Å². The van der Waals surface area contributed by atoms with E-state index in [0.717, 1.165) is 49.6 Å². The lowest BCUT2D eigenvalue weighted by Gasteiger charge is -2.12. The summed E-state index contributed by atoms with van der Waals surface area (Å²) in [5.74, 6) is 1.85. The van der Waals surface area contributed by atoms with Crippen molar-refractivity contribution in [1.29, 1.82) is 0 Å². The molecule has 0 aliphatic heterocycles. The quantitative estimate of drug-likeness (QED) is 0.185. The fraction of sp³-hybridized carbons (Fsp3) is 0. The van der Waals surface area contributed by atoms with Gasteiger partial charge >= 0.3 is 0 Å². The van der Waals surface area contributed by atoms with Crippen LogP contribution in [0.25, 0.3) is 93.0 Å². The number of hydrogen-bond donors (Lipinski definition) is 0. The van der Waals surface area contributed by atoms with E-state index in [1.165, 1.54) is 25.7 Å². The number of thiophene rings is 1. The second-order valence-corrected chi connectivity index (χ2v) is 13.5. The highest BCUT2D eigenvalue weighted by atomic mass is 32.1. The van der Waals surface area contributed by atoms with Crippen LogP contribution >= 0.6 is 11.3 Å². The third-order valence-electron chi connectivity index (χ3n) is 9.48. The summed E-state index contributed by atoms with van der Waals surface area (Å²) in [4.78, 5) is 15.4. The molecule has 0 bridgehead atoms. The number of hydrogen-bond acceptors (Lipinski definition) is 4. The predicted octanol–water partition coefficient (Wildman–Crippen LogP) is 12.0. The Morgan fingerprint density at radius 2 is 0.920 bits per heavy atom. The highest BCUT2D eigenvalue weighted by Gasteiger charge is 2.20. The van der Waals surface area contributed by atoms with Gasteiger partial charge in [-0.1, -0.05) is 152 Å². The summed E-state index contributed by atoms with van der Waals surface area (Å²) in [6.45, 7) is 0. The third kappa shape index (κ3) is 4.71. The maximum Gasteiger partial charge on any atom is 0.238 e. The number of aromatic nitrogens is 4. The SMILES string of the molecule is c1ccc(-c2ccc3c4ccc(-c5cccc6c5sc5ccccc56)cc4n(-c4nc(-c5ccccc5)nc(-c5ccccc5)n4)c3c2)cc1. The molecule has 0 atom stereocenters. The first kappa shape index (κ1) is 28.6. The molecule has 3 heterocycles. The number of benzene rings is 7. The van der Waals surface area contributed by atoms with E-state index in [9.17, 15) is 0 Å². The van der Waals surface area contributed by atoms with E-state index in [-0.39, 0.29) is 0 Å². The Labute approximate surface area is 292 Å². The Morgan fingerprint density at radius 1 is 0.380 bits per heavy atom. The topological polar surface area (TPSA) is 43.6 Å². The molecule has 7 aromatic carbocycles. The molecule has 0 N–H and O–H groups in total. The van der Waals surface area contributed by atoms with Gasteiger partial charge in [-0.05, 0) is 40.5 Å². The van der Waals surface area contributed by atoms with Crippen LogP contribution in [0.3, 0.4) is 0 Å². The molecule has 234 valence electrons. The van der Waals surface area contributed by atoms with Crippen molar-refractivity contribution in [3.05, 3.63) is 170 Å². The zero-order chi connectivity index (χ0) is 33.0. The molecule has 0 saturated heterocycles. The van der Waals surface area contributed by atoms with E-state index in [0.29, 0.717) is 17.6 Å². The lowest BCUT2D eigenvalue weighted by molar-refractivity contribution is 0.953. The van der Waals surface area contributed by atoms with Gasteiger partial charge in [0, 0.05) is 42.1 Å². The molecular formula is C45H28N4S. The standard InChI is InChI=1S/C45H28N4S/c1-4-13-29(14-5-1)32-23-25-35-36-26-24-33(34-20-12-21-38-37-19-10-11-22-41(37)50-42(34)38)28-40(36)49(39(35)27-32)45-47-43(30-15-6-2-7-16-30)46-44(48-45)31-17-8-3-9-18-31/h1-28H. The third-order valence-corrected chi connectivity index (χ3v) is 10.7. The van der Waals surface area contributed by atoms with E-state index in [2.05, 4.69) is 138 Å². The molecule has 10 rings (SSSR count). The van der Waals surface area contributed by atoms with Gasteiger partial charge in [0.15, 0.2) is 11.6 Å². The molecule has 0 aliphatic carbocycles. The average molecular weight is 657 g/mol. The molecule has 0 amide bonds. The van der Waals surface area contributed by atoms with Gasteiger partial charge in [-0.2, -0.15) is 9.97 Å². The lowest BCUT2D eigenvalue weighted by atomic mass is 10.0. The molecule has 0 fully saturated rings. The number of fused-ring (bicyclic) bond motifs is 6. The first-order valence-corrected chi connectivity index (χ1v) is 17.5. The van der Waals surface area contributed by atoms with Crippen molar-refractivity contribution in [1.82, 2.24) is 19.5 Å². The Hall–Kier alpha value is -6.43. The summed E-state index contributed by atoms with van der Waals surface area (Å²) in [6, 6.07) is 59.7. The smallest absolute Gasteiger partial charge is 0.238 e. The molecule has 3 aromatic heterocycles. The number of nitrogens with zero attached hydrogens (tertiary/aromatic N) is 4. The Balaban J connectivity index is 1.28. The normalized spacial score (nSPS) is 11.6. The van der Waals surface area contributed by atoms with E-state index in [1.54, 1.807) is 0 Å². The number of rotatable bonds is 5. The van der Waals surface area contributed by atoms with E-state index >= 15 is 0 Å². The second kappa shape index (κ2) is 11.6. The molecule has 0 saturated carbocycles. The van der Waals surface area contributed by atoms with Gasteiger partial charge in [0.1, 0.15) is 0 Å². The summed E-state index contributed by atoms with van der Waals surface area (Å²) < 4.78 is 4.82. The van der Waals surface area contributed by atoms with Crippen LogP contribution in [0.2, 0.25) is 0 Å². The van der Waals surface area contributed by atoms with Gasteiger partial charge in [0.25, 0.3) is 0 Å². The lowest BCUT2D eigenvalue weighted by Crippen LogP contribution is -2.06. The van der Waals surface area contributed by atoms with Crippen molar-refractivity contribution in [3.8, 4) is 51.0 Å². The van der Waals surface area contributed by atoms with Gasteiger partial charge in [-0.3, -0.25) is 4.57 Å². The van der Waals surface area contributed by atoms with E-state index in [4.69, 9.17) is 15.0 Å². The van der Waals surface area contributed by atoms with Crippen molar-refractivity contribution in [2.75, 3.05) is 0 Å². The fourth-order valence-electron chi connectivity index (χ4n) is 7.08. The zero-order valence-electron chi connectivity index (χ0n) is 26.9. The van der Waals surface area contributed by atoms with Gasteiger partial charge in [0.2, 0.25) is 5.95 Å². The Kier molecular flexibility index (Phi) is 6.64. The largest absolute Gasteiger partial charge is 0.278 e. The van der Waals surface area contributed by atoms with Crippen LogP contribution in [0, 0.1) is 0 Å². The molecule has 4 nitrogen and oxygen atoms in total. The molecule has 50 heavy (non-hydrogen) atoms. The van der Waals surface area contributed by atoms with Crippen molar-refractivity contribution in [2.45, 2.75) is 0 Å². The minimum Gasteiger partial charge on any atom is -0.278 e. The summed E-state index contributed by atoms with van der Waals surface area (Å²) in [5, 5.41) is 4.88. The van der Waals surface area contributed by atoms with Crippen LogP contribution in [0.1, 0.15) is 0 Å². The van der Waals surface area contributed by atoms with E-state index < -0.39 is 0 Å². The minimum absolute atomic E-state index is 0.583. The highest BCUT2D eigenvalue weighted by molar-refractivity contribution is 7.26. The van der Waals surface area contributed by atoms with Crippen molar-refractivity contribution < 1.29 is 0 Å². The predicted molar refractivity (Wildman–Crippen MR) is 209 cm³/mol. The maximum atomic E-state index is 5.20. The molecule has 0 spiro atoms. The Bertz CT molecular complexity index is 2800. The van der Waals surface area contributed by atoms with Gasteiger partial charge < -0.3 is 0 Å². The maximum absolute atomic E-state index is 5.20. The van der Waals surface area contributed by atoms with Crippen LogP contribution in [0.4, 0.5) is 0 Å². The van der Waals surface area contributed by atoms with Gasteiger partial charge in [-0.15, -0.1) is 11.3 Å². The van der Waals surface area contributed by atoms with Crippen LogP contribution in [-0.2, 0) is 0 Å². The zero-order valence-corrected chi connectivity index (χ0v) is 27.7. The van der Waals surface area contributed by atoms with E-state index in [1.807, 2.05) is 47.7 Å². The molecule has 10 aromatic rings. The van der Waals surface area contributed by atoms with Gasteiger partial charge in [-0.25, -0.2) is 4.98 Å². The monoisotopic (exact) mass is 656 g/mol. The van der Waals surface area contributed by atoms with Crippen molar-refractivity contribution in [3.63, 3.8) is 0 Å². The van der Waals surface area contributed by atoms with Gasteiger partial charge in [0.05, 0.1) is 11.0 Å². The Morgan fingerprint density at radius 3 is 1.58 bits per heavy atom. The highest BCUT2D eigenvalue weighted by Crippen LogP contribution is 2.42. The van der Waals surface area contributed by atoms with Crippen LogP contribution in [-0.4, -0.2) is 19.5 Å². The molecular weight excluding hydrogens is 629 g/mol. The average Bonchev–Trinajstić information content (AvgIpc) is 3.74. The first-order valence-electron chi connectivity index (χ1n) is 16.7. The summed E-state index contributed by atoms with van der Waals surface area (Å²) in [7, 11) is 0. The molecule has 0 aliphatic rings. The molecule has 5 heteroatoms. The van der Waals surface area contributed by atoms with Crippen LogP contribution in [0.15, 0.2) is 170 Å². The summed E-state index contributed by atoms with van der Waals surface area (Å²) in [6.07, 6.45) is 0. The first-order chi connectivity index (χ1) is 24.8. The van der Waals surface area contributed by atoms with Crippen molar-refractivity contribution in [2.24, 2.45) is 0 Å². The fourth-order valence-corrected chi connectivity index (χ4v) is 8.32. The second-order valence-electron chi connectivity index (χ2n) is 12.5. The molecule has 0 unspecified atom stereocenters. The van der Waals surface area contributed by atoms with Crippen LogP contribution in [0.5, 0.6) is 0 Å². The summed E-state index contributed by atoms with van der Waals surface area (Å²) >= 11 is 1.85.